The molecule has 0 bridgehead atoms. The van der Waals surface area contributed by atoms with Crippen molar-refractivity contribution in [2.45, 2.75) is 0 Å². The largest absolute Gasteiger partial charge is 0.449 e. The number of amides is 1. The molecule has 14 heavy (non-hydrogen) atoms. The SMILES string of the molecule is NC(=O)c1oc2ccc(Br)cc2c1N. The van der Waals surface area contributed by atoms with E-state index in [1.807, 2.05) is 0 Å². The molecule has 0 unspecified atom stereocenters. The zero-order chi connectivity index (χ0) is 10.3. The number of carbonyl (C=O) groups is 1. The number of hydrogen-bond acceptors (Lipinski definition) is 3. The van der Waals surface area contributed by atoms with Gasteiger partial charge in [0, 0.05) is 9.86 Å². The van der Waals surface area contributed by atoms with Crippen molar-refractivity contribution >= 4 is 38.5 Å². The molecule has 1 heterocycles. The first kappa shape index (κ1) is 9.08. The minimum absolute atomic E-state index is 0.0121. The van der Waals surface area contributed by atoms with Gasteiger partial charge in [0.05, 0.1) is 5.69 Å². The summed E-state index contributed by atoms with van der Waals surface area (Å²) < 4.78 is 6.06. The molecule has 5 heteroatoms. The highest BCUT2D eigenvalue weighted by Gasteiger charge is 2.15. The normalized spacial score (nSPS) is 10.6. The number of primary amides is 1. The molecular formula is C9H7BrN2O2. The van der Waals surface area contributed by atoms with E-state index in [2.05, 4.69) is 15.9 Å². The molecule has 1 aromatic heterocycles. The van der Waals surface area contributed by atoms with Crippen LogP contribution >= 0.6 is 15.9 Å². The summed E-state index contributed by atoms with van der Waals surface area (Å²) in [7, 11) is 0. The number of anilines is 1. The van der Waals surface area contributed by atoms with Gasteiger partial charge in [0.15, 0.2) is 0 Å². The smallest absolute Gasteiger partial charge is 0.286 e. The van der Waals surface area contributed by atoms with Gasteiger partial charge in [-0.1, -0.05) is 15.9 Å². The first-order chi connectivity index (χ1) is 6.59. The van der Waals surface area contributed by atoms with Crippen molar-refractivity contribution in [3.8, 4) is 0 Å². The maximum Gasteiger partial charge on any atom is 0.286 e. The first-order valence-corrected chi connectivity index (χ1v) is 4.66. The fraction of sp³-hybridized carbons (Fsp3) is 0. The van der Waals surface area contributed by atoms with Gasteiger partial charge in [-0.15, -0.1) is 0 Å². The summed E-state index contributed by atoms with van der Waals surface area (Å²) in [5.74, 6) is -0.645. The maximum absolute atomic E-state index is 10.9. The Hall–Kier alpha value is -1.49. The molecule has 0 fully saturated rings. The highest BCUT2D eigenvalue weighted by molar-refractivity contribution is 9.10. The van der Waals surface area contributed by atoms with Crippen molar-refractivity contribution in [3.05, 3.63) is 28.4 Å². The van der Waals surface area contributed by atoms with Gasteiger partial charge in [0.25, 0.3) is 5.91 Å². The lowest BCUT2D eigenvalue weighted by atomic mass is 10.2. The third-order valence-corrected chi connectivity index (χ3v) is 2.41. The van der Waals surface area contributed by atoms with Gasteiger partial charge in [-0.2, -0.15) is 0 Å². The van der Waals surface area contributed by atoms with Gasteiger partial charge < -0.3 is 15.9 Å². The third-order valence-electron chi connectivity index (χ3n) is 1.91. The molecule has 2 rings (SSSR count). The number of fused-ring (bicyclic) bond motifs is 1. The lowest BCUT2D eigenvalue weighted by Crippen LogP contribution is -2.11. The molecule has 72 valence electrons. The van der Waals surface area contributed by atoms with Crippen LogP contribution in [0.5, 0.6) is 0 Å². The molecule has 2 aromatic rings. The van der Waals surface area contributed by atoms with Crippen LogP contribution in [0.3, 0.4) is 0 Å². The Morgan fingerprint density at radius 2 is 2.14 bits per heavy atom. The number of benzene rings is 1. The second-order valence-electron chi connectivity index (χ2n) is 2.85. The highest BCUT2D eigenvalue weighted by atomic mass is 79.9. The van der Waals surface area contributed by atoms with Gasteiger partial charge in [-0.3, -0.25) is 4.79 Å². The van der Waals surface area contributed by atoms with Crippen LogP contribution in [0.15, 0.2) is 27.1 Å². The Labute approximate surface area is 88.0 Å². The highest BCUT2D eigenvalue weighted by Crippen LogP contribution is 2.30. The number of nitrogen functional groups attached to an aromatic ring is 1. The summed E-state index contributed by atoms with van der Waals surface area (Å²) in [6.07, 6.45) is 0. The van der Waals surface area contributed by atoms with Crippen LogP contribution in [0.4, 0.5) is 5.69 Å². The van der Waals surface area contributed by atoms with E-state index in [0.29, 0.717) is 11.0 Å². The summed E-state index contributed by atoms with van der Waals surface area (Å²) in [5.41, 5.74) is 11.6. The lowest BCUT2D eigenvalue weighted by molar-refractivity contribution is 0.0977. The van der Waals surface area contributed by atoms with Crippen molar-refractivity contribution in [2.75, 3.05) is 5.73 Å². The number of carbonyl (C=O) groups excluding carboxylic acids is 1. The molecule has 0 radical (unpaired) electrons. The van der Waals surface area contributed by atoms with E-state index >= 15 is 0 Å². The van der Waals surface area contributed by atoms with E-state index in [-0.39, 0.29) is 11.4 Å². The average molecular weight is 255 g/mol. The summed E-state index contributed by atoms with van der Waals surface area (Å²) in [6.45, 7) is 0. The fourth-order valence-corrected chi connectivity index (χ4v) is 1.63. The van der Waals surface area contributed by atoms with E-state index in [4.69, 9.17) is 15.9 Å². The Kier molecular flexibility index (Phi) is 1.96. The van der Waals surface area contributed by atoms with Crippen molar-refractivity contribution in [3.63, 3.8) is 0 Å². The zero-order valence-corrected chi connectivity index (χ0v) is 8.67. The predicted octanol–water partition coefficient (Wildman–Crippen LogP) is 1.88. The molecule has 1 aromatic carbocycles. The van der Waals surface area contributed by atoms with Crippen LogP contribution in [0.2, 0.25) is 0 Å². The quantitative estimate of drug-likeness (QED) is 0.815. The molecule has 0 aliphatic heterocycles. The van der Waals surface area contributed by atoms with Crippen molar-refractivity contribution in [1.29, 1.82) is 0 Å². The molecule has 4 nitrogen and oxygen atoms in total. The number of hydrogen-bond donors (Lipinski definition) is 2. The molecule has 0 saturated carbocycles. The molecule has 0 aliphatic carbocycles. The summed E-state index contributed by atoms with van der Waals surface area (Å²) in [6, 6.07) is 5.30. The molecular weight excluding hydrogens is 248 g/mol. The van der Waals surface area contributed by atoms with Crippen LogP contribution < -0.4 is 11.5 Å². The zero-order valence-electron chi connectivity index (χ0n) is 7.08. The fourth-order valence-electron chi connectivity index (χ4n) is 1.27. The molecule has 4 N–H and O–H groups in total. The van der Waals surface area contributed by atoms with Crippen LogP contribution in [-0.2, 0) is 0 Å². The monoisotopic (exact) mass is 254 g/mol. The first-order valence-electron chi connectivity index (χ1n) is 3.87. The molecule has 0 saturated heterocycles. The van der Waals surface area contributed by atoms with E-state index in [0.717, 1.165) is 4.47 Å². The Morgan fingerprint density at radius 1 is 1.43 bits per heavy atom. The number of rotatable bonds is 1. The van der Waals surface area contributed by atoms with E-state index < -0.39 is 5.91 Å². The van der Waals surface area contributed by atoms with Crippen molar-refractivity contribution in [2.24, 2.45) is 5.73 Å². The average Bonchev–Trinajstić information content (AvgIpc) is 2.44. The predicted molar refractivity (Wildman–Crippen MR) is 56.8 cm³/mol. The Balaban J connectivity index is 2.80. The lowest BCUT2D eigenvalue weighted by Gasteiger charge is -1.90. The molecule has 0 spiro atoms. The van der Waals surface area contributed by atoms with Gasteiger partial charge in [0.2, 0.25) is 5.76 Å². The number of halogens is 1. The van der Waals surface area contributed by atoms with Gasteiger partial charge in [-0.25, -0.2) is 0 Å². The van der Waals surface area contributed by atoms with Crippen LogP contribution in [0.25, 0.3) is 11.0 Å². The van der Waals surface area contributed by atoms with E-state index in [1.54, 1.807) is 18.2 Å². The van der Waals surface area contributed by atoms with Crippen molar-refractivity contribution in [1.82, 2.24) is 0 Å². The maximum atomic E-state index is 10.9. The second kappa shape index (κ2) is 3.02. The minimum Gasteiger partial charge on any atom is -0.449 e. The van der Waals surface area contributed by atoms with Crippen LogP contribution in [0, 0.1) is 0 Å². The second-order valence-corrected chi connectivity index (χ2v) is 3.77. The van der Waals surface area contributed by atoms with E-state index in [9.17, 15) is 4.79 Å². The van der Waals surface area contributed by atoms with Crippen LogP contribution in [0.1, 0.15) is 10.6 Å². The van der Waals surface area contributed by atoms with Gasteiger partial charge in [0.1, 0.15) is 5.58 Å². The minimum atomic E-state index is -0.658. The molecule has 0 aliphatic rings. The number of furan rings is 1. The summed E-state index contributed by atoms with van der Waals surface area (Å²) >= 11 is 3.30. The molecule has 0 atom stereocenters. The Bertz CT molecular complexity index is 519. The third kappa shape index (κ3) is 1.26. The van der Waals surface area contributed by atoms with Crippen molar-refractivity contribution < 1.29 is 9.21 Å². The molecule has 1 amide bonds. The van der Waals surface area contributed by atoms with E-state index in [1.165, 1.54) is 0 Å². The van der Waals surface area contributed by atoms with Gasteiger partial charge >= 0.3 is 0 Å². The summed E-state index contributed by atoms with van der Waals surface area (Å²) in [5, 5.41) is 0.688. The standard InChI is InChI=1S/C9H7BrN2O2/c10-4-1-2-6-5(3-4)7(11)8(14-6)9(12)13/h1-3H,11H2,(H2,12,13). The number of nitrogens with two attached hydrogens (primary N) is 2. The van der Waals surface area contributed by atoms with Gasteiger partial charge in [-0.05, 0) is 18.2 Å². The Morgan fingerprint density at radius 3 is 2.79 bits per heavy atom. The topological polar surface area (TPSA) is 82.2 Å². The summed E-state index contributed by atoms with van der Waals surface area (Å²) in [4.78, 5) is 10.9. The van der Waals surface area contributed by atoms with Crippen LogP contribution in [-0.4, -0.2) is 5.91 Å².